The van der Waals surface area contributed by atoms with Gasteiger partial charge < -0.3 is 9.47 Å². The van der Waals surface area contributed by atoms with Crippen LogP contribution in [0.25, 0.3) is 0 Å². The van der Waals surface area contributed by atoms with Gasteiger partial charge in [0.15, 0.2) is 0 Å². The number of ether oxygens (including phenoxy) is 2. The van der Waals surface area contributed by atoms with Crippen LogP contribution in [0.4, 0.5) is 0 Å². The summed E-state index contributed by atoms with van der Waals surface area (Å²) in [5, 5.41) is 0. The highest BCUT2D eigenvalue weighted by atomic mass is 16.5. The maximum absolute atomic E-state index is 11.3. The molecule has 1 aromatic rings. The molecule has 0 bridgehead atoms. The summed E-state index contributed by atoms with van der Waals surface area (Å²) in [5.41, 5.74) is 1.22. The highest BCUT2D eigenvalue weighted by Crippen LogP contribution is 2.58. The van der Waals surface area contributed by atoms with Gasteiger partial charge in [0, 0.05) is 11.8 Å². The van der Waals surface area contributed by atoms with Crippen molar-refractivity contribution in [3.63, 3.8) is 0 Å². The molecule has 0 aromatic heterocycles. The Labute approximate surface area is 88.0 Å². The van der Waals surface area contributed by atoms with Crippen molar-refractivity contribution in [2.75, 3.05) is 13.7 Å². The molecule has 1 aliphatic carbocycles. The summed E-state index contributed by atoms with van der Waals surface area (Å²) in [4.78, 5) is 11.3. The topological polar surface area (TPSA) is 35.5 Å². The van der Waals surface area contributed by atoms with Crippen LogP contribution in [0, 0.1) is 11.8 Å². The first-order valence-electron chi connectivity index (χ1n) is 5.12. The lowest BCUT2D eigenvalue weighted by Crippen LogP contribution is -2.04. The number of hydrogen-bond acceptors (Lipinski definition) is 3. The van der Waals surface area contributed by atoms with Crippen LogP contribution in [0.5, 0.6) is 5.75 Å². The van der Waals surface area contributed by atoms with Gasteiger partial charge in [0.05, 0.1) is 19.6 Å². The van der Waals surface area contributed by atoms with Crippen molar-refractivity contribution in [2.45, 2.75) is 5.92 Å². The van der Waals surface area contributed by atoms with Crippen LogP contribution in [-0.4, -0.2) is 19.7 Å². The fourth-order valence-corrected chi connectivity index (χ4v) is 2.46. The summed E-state index contributed by atoms with van der Waals surface area (Å²) in [7, 11) is 1.65. The van der Waals surface area contributed by atoms with Crippen LogP contribution in [-0.2, 0) is 9.53 Å². The number of fused-ring (bicyclic) bond motifs is 1. The lowest BCUT2D eigenvalue weighted by atomic mass is 10.1. The quantitative estimate of drug-likeness (QED) is 0.686. The third-order valence-electron chi connectivity index (χ3n) is 3.36. The van der Waals surface area contributed by atoms with E-state index in [1.54, 1.807) is 7.11 Å². The van der Waals surface area contributed by atoms with Gasteiger partial charge in [-0.15, -0.1) is 0 Å². The van der Waals surface area contributed by atoms with E-state index in [9.17, 15) is 4.79 Å². The first-order valence-corrected chi connectivity index (χ1v) is 5.12. The van der Waals surface area contributed by atoms with E-state index in [1.165, 1.54) is 5.56 Å². The van der Waals surface area contributed by atoms with Crippen molar-refractivity contribution >= 4 is 5.97 Å². The molecular weight excluding hydrogens is 192 g/mol. The van der Waals surface area contributed by atoms with E-state index >= 15 is 0 Å². The number of esters is 1. The smallest absolute Gasteiger partial charge is 0.310 e. The summed E-state index contributed by atoms with van der Waals surface area (Å²) < 4.78 is 10.0. The number of methoxy groups -OCH3 is 1. The second-order valence-electron chi connectivity index (χ2n) is 4.12. The van der Waals surface area contributed by atoms with Crippen LogP contribution in [0.1, 0.15) is 11.5 Å². The molecule has 0 radical (unpaired) electrons. The van der Waals surface area contributed by atoms with E-state index in [1.807, 2.05) is 24.3 Å². The van der Waals surface area contributed by atoms with E-state index in [-0.39, 0.29) is 11.9 Å². The van der Waals surface area contributed by atoms with Crippen molar-refractivity contribution < 1.29 is 14.3 Å². The van der Waals surface area contributed by atoms with E-state index in [0.29, 0.717) is 18.4 Å². The third-order valence-corrected chi connectivity index (χ3v) is 3.36. The van der Waals surface area contributed by atoms with E-state index < -0.39 is 0 Å². The third kappa shape index (κ3) is 1.23. The van der Waals surface area contributed by atoms with Crippen molar-refractivity contribution in [1.82, 2.24) is 0 Å². The molecule has 78 valence electrons. The van der Waals surface area contributed by atoms with Gasteiger partial charge in [0.25, 0.3) is 0 Å². The van der Waals surface area contributed by atoms with Gasteiger partial charge in [0.1, 0.15) is 5.75 Å². The van der Waals surface area contributed by atoms with Crippen LogP contribution in [0.2, 0.25) is 0 Å². The molecule has 2 aliphatic rings. The molecule has 1 heterocycles. The molecule has 3 rings (SSSR count). The predicted molar refractivity (Wildman–Crippen MR) is 53.7 cm³/mol. The largest absolute Gasteiger partial charge is 0.497 e. The zero-order valence-electron chi connectivity index (χ0n) is 8.47. The molecule has 15 heavy (non-hydrogen) atoms. The zero-order chi connectivity index (χ0) is 10.4. The number of hydrogen-bond donors (Lipinski definition) is 0. The lowest BCUT2D eigenvalue weighted by molar-refractivity contribution is -0.141. The fourth-order valence-electron chi connectivity index (χ4n) is 2.46. The SMILES string of the molecule is COc1ccc([C@H]2[C@H]3COC(=O)[C@H]32)cc1. The minimum Gasteiger partial charge on any atom is -0.497 e. The van der Waals surface area contributed by atoms with Gasteiger partial charge in [0.2, 0.25) is 0 Å². The van der Waals surface area contributed by atoms with E-state index in [4.69, 9.17) is 9.47 Å². The van der Waals surface area contributed by atoms with Crippen LogP contribution < -0.4 is 4.74 Å². The van der Waals surface area contributed by atoms with Crippen molar-refractivity contribution in [3.05, 3.63) is 29.8 Å². The Morgan fingerprint density at radius 2 is 2.00 bits per heavy atom. The Hall–Kier alpha value is -1.51. The molecule has 3 heteroatoms. The summed E-state index contributed by atoms with van der Waals surface area (Å²) in [6, 6.07) is 7.95. The molecule has 3 nitrogen and oxygen atoms in total. The molecule has 1 saturated heterocycles. The highest BCUT2D eigenvalue weighted by molar-refractivity contribution is 5.80. The highest BCUT2D eigenvalue weighted by Gasteiger charge is 2.60. The average Bonchev–Trinajstić information content (AvgIpc) is 2.90. The number of benzene rings is 1. The first kappa shape index (κ1) is 8.77. The molecule has 1 aliphatic heterocycles. The molecule has 3 atom stereocenters. The van der Waals surface area contributed by atoms with Gasteiger partial charge in [-0.25, -0.2) is 0 Å². The normalized spacial score (nSPS) is 32.1. The average molecular weight is 204 g/mol. The number of carbonyl (C=O) groups excluding carboxylic acids is 1. The maximum Gasteiger partial charge on any atom is 0.310 e. The monoisotopic (exact) mass is 204 g/mol. The molecule has 2 fully saturated rings. The van der Waals surface area contributed by atoms with Gasteiger partial charge in [-0.05, 0) is 17.7 Å². The number of carbonyl (C=O) groups is 1. The van der Waals surface area contributed by atoms with Crippen molar-refractivity contribution in [3.8, 4) is 5.75 Å². The summed E-state index contributed by atoms with van der Waals surface area (Å²) >= 11 is 0. The van der Waals surface area contributed by atoms with Gasteiger partial charge >= 0.3 is 5.97 Å². The molecule has 0 spiro atoms. The standard InChI is InChI=1S/C12H12O3/c1-14-8-4-2-7(3-5-8)10-9-6-15-12(13)11(9)10/h2-5,9-11H,6H2,1H3/t9-,10+,11-/m1/s1. The summed E-state index contributed by atoms with van der Waals surface area (Å²) in [6.07, 6.45) is 0. The molecule has 0 amide bonds. The summed E-state index contributed by atoms with van der Waals surface area (Å²) in [5.74, 6) is 1.76. The van der Waals surface area contributed by atoms with Crippen LogP contribution in [0.3, 0.4) is 0 Å². The Morgan fingerprint density at radius 3 is 2.53 bits per heavy atom. The molecule has 0 unspecified atom stereocenters. The second-order valence-corrected chi connectivity index (χ2v) is 4.12. The second kappa shape index (κ2) is 2.99. The Morgan fingerprint density at radius 1 is 1.27 bits per heavy atom. The Kier molecular flexibility index (Phi) is 1.75. The number of rotatable bonds is 2. The summed E-state index contributed by atoms with van der Waals surface area (Å²) in [6.45, 7) is 0.597. The first-order chi connectivity index (χ1) is 7.31. The van der Waals surface area contributed by atoms with Crippen molar-refractivity contribution in [1.29, 1.82) is 0 Å². The van der Waals surface area contributed by atoms with Crippen molar-refractivity contribution in [2.24, 2.45) is 11.8 Å². The predicted octanol–water partition coefficient (Wildman–Crippen LogP) is 1.58. The van der Waals surface area contributed by atoms with E-state index in [2.05, 4.69) is 0 Å². The van der Waals surface area contributed by atoms with Gasteiger partial charge in [-0.3, -0.25) is 4.79 Å². The number of cyclic esters (lactones) is 1. The lowest BCUT2D eigenvalue weighted by Gasteiger charge is -2.05. The zero-order valence-corrected chi connectivity index (χ0v) is 8.47. The maximum atomic E-state index is 11.3. The van der Waals surface area contributed by atoms with Crippen LogP contribution >= 0.6 is 0 Å². The molecule has 0 N–H and O–H groups in total. The minimum atomic E-state index is -0.0270. The molecular formula is C12H12O3. The Balaban J connectivity index is 1.81. The molecule has 1 saturated carbocycles. The minimum absolute atomic E-state index is 0.0270. The van der Waals surface area contributed by atoms with Gasteiger partial charge in [-0.1, -0.05) is 12.1 Å². The van der Waals surface area contributed by atoms with E-state index in [0.717, 1.165) is 5.75 Å². The Bertz CT molecular complexity index is 396. The fraction of sp³-hybridized carbons (Fsp3) is 0.417. The molecule has 1 aromatic carbocycles. The van der Waals surface area contributed by atoms with Crippen LogP contribution in [0.15, 0.2) is 24.3 Å². The van der Waals surface area contributed by atoms with Gasteiger partial charge in [-0.2, -0.15) is 0 Å².